The van der Waals surface area contributed by atoms with Crippen molar-refractivity contribution in [3.05, 3.63) is 48.0 Å². The lowest BCUT2D eigenvalue weighted by Gasteiger charge is -2.20. The fourth-order valence-electron chi connectivity index (χ4n) is 1.90. The highest BCUT2D eigenvalue weighted by molar-refractivity contribution is 7.92. The molecule has 0 spiro atoms. The van der Waals surface area contributed by atoms with Crippen LogP contribution in [0.15, 0.2) is 47.4 Å². The number of hydrogen-bond acceptors (Lipinski definition) is 4. The van der Waals surface area contributed by atoms with Crippen LogP contribution in [0.3, 0.4) is 0 Å². The summed E-state index contributed by atoms with van der Waals surface area (Å²) in [7, 11) is -0.535. The van der Waals surface area contributed by atoms with Crippen molar-refractivity contribution >= 4 is 21.4 Å². The fourth-order valence-corrected chi connectivity index (χ4v) is 3.18. The number of sulfonamides is 1. The van der Waals surface area contributed by atoms with Gasteiger partial charge in [-0.05, 0) is 55.0 Å². The van der Waals surface area contributed by atoms with Gasteiger partial charge >= 0.3 is 0 Å². The van der Waals surface area contributed by atoms with Crippen molar-refractivity contribution in [1.29, 1.82) is 0 Å². The Morgan fingerprint density at radius 3 is 2.24 bits per heavy atom. The predicted octanol–water partition coefficient (Wildman–Crippen LogP) is 2.41. The highest BCUT2D eigenvalue weighted by Crippen LogP contribution is 2.25. The van der Waals surface area contributed by atoms with E-state index in [1.165, 1.54) is 17.4 Å². The largest absolute Gasteiger partial charge is 0.497 e. The molecular formula is C15H18N2O3S. The third-order valence-corrected chi connectivity index (χ3v) is 5.12. The summed E-state index contributed by atoms with van der Waals surface area (Å²) in [4.78, 5) is 0.215. The molecule has 0 amide bonds. The van der Waals surface area contributed by atoms with Crippen LogP contribution in [0.2, 0.25) is 0 Å². The van der Waals surface area contributed by atoms with E-state index in [0.29, 0.717) is 17.1 Å². The topological polar surface area (TPSA) is 72.6 Å². The Labute approximate surface area is 125 Å². The van der Waals surface area contributed by atoms with Crippen LogP contribution in [0.25, 0.3) is 0 Å². The maximum absolute atomic E-state index is 12.6. The summed E-state index contributed by atoms with van der Waals surface area (Å²) in [6.45, 7) is 1.78. The summed E-state index contributed by atoms with van der Waals surface area (Å²) >= 11 is 0. The molecule has 21 heavy (non-hydrogen) atoms. The van der Waals surface area contributed by atoms with Gasteiger partial charge in [0.15, 0.2) is 0 Å². The van der Waals surface area contributed by atoms with Gasteiger partial charge < -0.3 is 10.5 Å². The lowest BCUT2D eigenvalue weighted by molar-refractivity contribution is 0.415. The van der Waals surface area contributed by atoms with Crippen LogP contribution < -0.4 is 14.8 Å². The normalized spacial score (nSPS) is 11.2. The SMILES string of the molecule is COc1ccc(N(C)S(=O)(=O)c2ccc(N)c(C)c2)cc1. The number of ether oxygens (including phenoxy) is 1. The second-order valence-corrected chi connectivity index (χ2v) is 6.66. The molecule has 2 rings (SSSR count). The summed E-state index contributed by atoms with van der Waals surface area (Å²) in [5.41, 5.74) is 7.60. The van der Waals surface area contributed by atoms with Gasteiger partial charge in [-0.3, -0.25) is 4.31 Å². The molecule has 0 aliphatic heterocycles. The maximum atomic E-state index is 12.6. The molecule has 2 aromatic carbocycles. The first-order valence-corrected chi connectivity index (χ1v) is 7.79. The predicted molar refractivity (Wildman–Crippen MR) is 84.2 cm³/mol. The van der Waals surface area contributed by atoms with E-state index in [0.717, 1.165) is 5.56 Å². The van der Waals surface area contributed by atoms with E-state index < -0.39 is 10.0 Å². The summed E-state index contributed by atoms with van der Waals surface area (Å²) in [5, 5.41) is 0. The molecule has 0 fully saturated rings. The smallest absolute Gasteiger partial charge is 0.264 e. The van der Waals surface area contributed by atoms with Gasteiger partial charge in [0.05, 0.1) is 17.7 Å². The van der Waals surface area contributed by atoms with Gasteiger partial charge in [0.25, 0.3) is 10.0 Å². The molecule has 0 bridgehead atoms. The van der Waals surface area contributed by atoms with Gasteiger partial charge in [-0.1, -0.05) is 0 Å². The molecule has 2 N–H and O–H groups in total. The molecule has 5 nitrogen and oxygen atoms in total. The Hall–Kier alpha value is -2.21. The number of nitrogens with two attached hydrogens (primary N) is 1. The minimum atomic E-state index is -3.61. The molecule has 0 saturated carbocycles. The average molecular weight is 306 g/mol. The van der Waals surface area contributed by atoms with Gasteiger partial charge in [0, 0.05) is 12.7 Å². The van der Waals surface area contributed by atoms with Crippen molar-refractivity contribution in [3.8, 4) is 5.75 Å². The van der Waals surface area contributed by atoms with Gasteiger partial charge in [0.1, 0.15) is 5.75 Å². The Bertz CT molecular complexity index is 740. The average Bonchev–Trinajstić information content (AvgIpc) is 2.49. The number of benzene rings is 2. The van der Waals surface area contributed by atoms with Crippen LogP contribution in [0.4, 0.5) is 11.4 Å². The van der Waals surface area contributed by atoms with Crippen LogP contribution in [0, 0.1) is 6.92 Å². The highest BCUT2D eigenvalue weighted by Gasteiger charge is 2.21. The third-order valence-electron chi connectivity index (χ3n) is 3.34. The molecule has 6 heteroatoms. The van der Waals surface area contributed by atoms with E-state index in [1.54, 1.807) is 50.4 Å². The van der Waals surface area contributed by atoms with Crippen LogP contribution in [-0.2, 0) is 10.0 Å². The van der Waals surface area contributed by atoms with Gasteiger partial charge in [-0.15, -0.1) is 0 Å². The first kappa shape index (κ1) is 15.2. The number of aryl methyl sites for hydroxylation is 1. The Kier molecular flexibility index (Phi) is 4.09. The molecule has 0 aromatic heterocycles. The van der Waals surface area contributed by atoms with Crippen molar-refractivity contribution in [3.63, 3.8) is 0 Å². The molecule has 0 heterocycles. The summed E-state index contributed by atoms with van der Waals surface area (Å²) in [6, 6.07) is 11.5. The Morgan fingerprint density at radius 1 is 1.10 bits per heavy atom. The summed E-state index contributed by atoms with van der Waals surface area (Å²) < 4.78 is 31.5. The minimum Gasteiger partial charge on any atom is -0.497 e. The molecule has 0 aliphatic carbocycles. The van der Waals surface area contributed by atoms with E-state index in [4.69, 9.17) is 10.5 Å². The first-order chi connectivity index (χ1) is 9.86. The molecule has 0 atom stereocenters. The van der Waals surface area contributed by atoms with Crippen molar-refractivity contribution < 1.29 is 13.2 Å². The van der Waals surface area contributed by atoms with Gasteiger partial charge in [-0.2, -0.15) is 0 Å². The van der Waals surface area contributed by atoms with Crippen molar-refractivity contribution in [2.75, 3.05) is 24.2 Å². The highest BCUT2D eigenvalue weighted by atomic mass is 32.2. The quantitative estimate of drug-likeness (QED) is 0.880. The fraction of sp³-hybridized carbons (Fsp3) is 0.200. The zero-order chi connectivity index (χ0) is 15.6. The van der Waals surface area contributed by atoms with E-state index in [2.05, 4.69) is 0 Å². The molecule has 112 valence electrons. The Balaban J connectivity index is 2.39. The number of anilines is 2. The second-order valence-electron chi connectivity index (χ2n) is 4.69. The number of nitrogen functional groups attached to an aromatic ring is 1. The van der Waals surface area contributed by atoms with Crippen molar-refractivity contribution in [1.82, 2.24) is 0 Å². The standard InChI is InChI=1S/C15H18N2O3S/c1-11-10-14(8-9-15(11)16)21(18,19)17(2)12-4-6-13(20-3)7-5-12/h4-10H,16H2,1-3H3. The number of methoxy groups -OCH3 is 1. The second kappa shape index (κ2) is 5.65. The third kappa shape index (κ3) is 2.95. The minimum absolute atomic E-state index is 0.215. The van der Waals surface area contributed by atoms with Crippen LogP contribution in [0.1, 0.15) is 5.56 Å². The van der Waals surface area contributed by atoms with Crippen LogP contribution >= 0.6 is 0 Å². The number of nitrogens with zero attached hydrogens (tertiary/aromatic N) is 1. The molecule has 0 aliphatic rings. The maximum Gasteiger partial charge on any atom is 0.264 e. The number of hydrogen-bond donors (Lipinski definition) is 1. The molecular weight excluding hydrogens is 288 g/mol. The van der Waals surface area contributed by atoms with Crippen LogP contribution in [-0.4, -0.2) is 22.6 Å². The zero-order valence-corrected chi connectivity index (χ0v) is 13.0. The summed E-state index contributed by atoms with van der Waals surface area (Å²) in [5.74, 6) is 0.674. The first-order valence-electron chi connectivity index (χ1n) is 6.35. The van der Waals surface area contributed by atoms with E-state index in [1.807, 2.05) is 0 Å². The summed E-state index contributed by atoms with van der Waals surface area (Å²) in [6.07, 6.45) is 0. The molecule has 2 aromatic rings. The van der Waals surface area contributed by atoms with E-state index >= 15 is 0 Å². The van der Waals surface area contributed by atoms with Crippen molar-refractivity contribution in [2.24, 2.45) is 0 Å². The molecule has 0 unspecified atom stereocenters. The lowest BCUT2D eigenvalue weighted by atomic mass is 10.2. The molecule has 0 saturated heterocycles. The monoisotopic (exact) mass is 306 g/mol. The van der Waals surface area contributed by atoms with E-state index in [9.17, 15) is 8.42 Å². The van der Waals surface area contributed by atoms with Gasteiger partial charge in [0.2, 0.25) is 0 Å². The van der Waals surface area contributed by atoms with Gasteiger partial charge in [-0.25, -0.2) is 8.42 Å². The Morgan fingerprint density at radius 2 is 1.71 bits per heavy atom. The number of rotatable bonds is 4. The molecule has 0 radical (unpaired) electrons. The van der Waals surface area contributed by atoms with Crippen molar-refractivity contribution in [2.45, 2.75) is 11.8 Å². The zero-order valence-electron chi connectivity index (χ0n) is 12.2. The van der Waals surface area contributed by atoms with E-state index in [-0.39, 0.29) is 4.90 Å². The van der Waals surface area contributed by atoms with Crippen LogP contribution in [0.5, 0.6) is 5.75 Å². The lowest BCUT2D eigenvalue weighted by Crippen LogP contribution is -2.26.